The van der Waals surface area contributed by atoms with Crippen LogP contribution in [0.4, 0.5) is 16.2 Å². The number of carbonyl (C=O) groups excluding carboxylic acids is 3. The van der Waals surface area contributed by atoms with Crippen LogP contribution in [0, 0.1) is 0 Å². The van der Waals surface area contributed by atoms with Crippen LogP contribution in [0.3, 0.4) is 0 Å². The SMILES string of the molecule is NC(=O)Nc1cccnc1.Nc1cccnc1.O=C=NC(=O)c1ccccc1. The lowest BCUT2D eigenvalue weighted by Crippen LogP contribution is -2.19. The molecule has 0 bridgehead atoms. The van der Waals surface area contributed by atoms with Gasteiger partial charge in [-0.1, -0.05) is 18.2 Å². The fourth-order valence-electron chi connectivity index (χ4n) is 1.64. The van der Waals surface area contributed by atoms with E-state index in [1.165, 1.54) is 12.3 Å². The predicted molar refractivity (Wildman–Crippen MR) is 105 cm³/mol. The Hall–Kier alpha value is -4.36. The van der Waals surface area contributed by atoms with E-state index in [0.717, 1.165) is 0 Å². The first kappa shape index (κ1) is 21.7. The van der Waals surface area contributed by atoms with E-state index in [1.807, 2.05) is 0 Å². The number of nitrogens with one attached hydrogen (secondary N) is 1. The minimum absolute atomic E-state index is 0.399. The monoisotopic (exact) mass is 378 g/mol. The number of amides is 3. The second-order valence-corrected chi connectivity index (χ2v) is 4.89. The van der Waals surface area contributed by atoms with Crippen LogP contribution in [0.1, 0.15) is 10.4 Å². The number of anilines is 2. The number of nitrogens with two attached hydrogens (primary N) is 2. The van der Waals surface area contributed by atoms with Gasteiger partial charge >= 0.3 is 6.03 Å². The largest absolute Gasteiger partial charge is 0.397 e. The second-order valence-electron chi connectivity index (χ2n) is 4.89. The summed E-state index contributed by atoms with van der Waals surface area (Å²) in [6.07, 6.45) is 7.63. The average Bonchev–Trinajstić information content (AvgIpc) is 2.71. The van der Waals surface area contributed by atoms with Crippen molar-refractivity contribution in [3.8, 4) is 0 Å². The summed E-state index contributed by atoms with van der Waals surface area (Å²) in [5.41, 5.74) is 11.9. The minimum atomic E-state index is -0.576. The number of aromatic nitrogens is 2. The van der Waals surface area contributed by atoms with Crippen LogP contribution in [0.15, 0.2) is 84.4 Å². The minimum Gasteiger partial charge on any atom is -0.397 e. The zero-order chi connectivity index (χ0) is 20.6. The fourth-order valence-corrected chi connectivity index (χ4v) is 1.64. The molecule has 2 aromatic heterocycles. The first-order valence-electron chi connectivity index (χ1n) is 7.82. The molecule has 0 saturated carbocycles. The van der Waals surface area contributed by atoms with Gasteiger partial charge in [0.25, 0.3) is 5.91 Å². The van der Waals surface area contributed by atoms with Crippen LogP contribution in [-0.4, -0.2) is 28.0 Å². The molecule has 3 rings (SSSR count). The molecule has 0 aliphatic carbocycles. The van der Waals surface area contributed by atoms with Crippen molar-refractivity contribution in [2.45, 2.75) is 0 Å². The van der Waals surface area contributed by atoms with Gasteiger partial charge in [-0.25, -0.2) is 9.59 Å². The van der Waals surface area contributed by atoms with E-state index < -0.39 is 11.9 Å². The highest BCUT2D eigenvalue weighted by Crippen LogP contribution is 2.00. The van der Waals surface area contributed by atoms with Gasteiger partial charge in [0.05, 0.1) is 17.6 Å². The van der Waals surface area contributed by atoms with Gasteiger partial charge in [-0.3, -0.25) is 14.8 Å². The van der Waals surface area contributed by atoms with Crippen molar-refractivity contribution in [2.75, 3.05) is 11.1 Å². The molecule has 1 aromatic carbocycles. The van der Waals surface area contributed by atoms with Crippen LogP contribution in [0.2, 0.25) is 0 Å². The molecule has 0 aliphatic rings. The molecule has 3 aromatic rings. The van der Waals surface area contributed by atoms with Crippen molar-refractivity contribution in [2.24, 2.45) is 10.7 Å². The Labute approximate surface area is 161 Å². The summed E-state index contributed by atoms with van der Waals surface area (Å²) < 4.78 is 0. The molecule has 0 unspecified atom stereocenters. The van der Waals surface area contributed by atoms with Gasteiger partial charge < -0.3 is 16.8 Å². The Kier molecular flexibility index (Phi) is 10.0. The van der Waals surface area contributed by atoms with Crippen LogP contribution in [0.25, 0.3) is 0 Å². The van der Waals surface area contributed by atoms with E-state index in [9.17, 15) is 14.4 Å². The van der Waals surface area contributed by atoms with Crippen molar-refractivity contribution < 1.29 is 14.4 Å². The number of isocyanates is 1. The van der Waals surface area contributed by atoms with E-state index in [2.05, 4.69) is 20.3 Å². The summed E-state index contributed by atoms with van der Waals surface area (Å²) in [6.45, 7) is 0. The molecular weight excluding hydrogens is 360 g/mol. The van der Waals surface area contributed by atoms with Gasteiger partial charge in [0, 0.05) is 24.2 Å². The van der Waals surface area contributed by atoms with Crippen LogP contribution in [0.5, 0.6) is 0 Å². The highest BCUT2D eigenvalue weighted by atomic mass is 16.2. The molecule has 0 aliphatic heterocycles. The molecule has 142 valence electrons. The van der Waals surface area contributed by atoms with E-state index >= 15 is 0 Å². The smallest absolute Gasteiger partial charge is 0.316 e. The lowest BCUT2D eigenvalue weighted by atomic mass is 10.2. The third-order valence-electron chi connectivity index (χ3n) is 2.78. The first-order chi connectivity index (χ1) is 13.5. The molecule has 9 heteroatoms. The molecule has 28 heavy (non-hydrogen) atoms. The zero-order valence-electron chi connectivity index (χ0n) is 14.7. The third kappa shape index (κ3) is 9.82. The van der Waals surface area contributed by atoms with Crippen molar-refractivity contribution >= 4 is 29.4 Å². The lowest BCUT2D eigenvalue weighted by molar-refractivity contribution is 0.100. The zero-order valence-corrected chi connectivity index (χ0v) is 14.7. The quantitative estimate of drug-likeness (QED) is 0.459. The number of carbonyl (C=O) groups is 2. The Morgan fingerprint density at radius 3 is 2.00 bits per heavy atom. The van der Waals surface area contributed by atoms with E-state index in [0.29, 0.717) is 16.9 Å². The first-order valence-corrected chi connectivity index (χ1v) is 7.82. The average molecular weight is 378 g/mol. The summed E-state index contributed by atoms with van der Waals surface area (Å²) in [5, 5.41) is 2.38. The summed E-state index contributed by atoms with van der Waals surface area (Å²) >= 11 is 0. The number of pyridine rings is 2. The van der Waals surface area contributed by atoms with Crippen molar-refractivity contribution in [3.05, 3.63) is 84.9 Å². The van der Waals surface area contributed by atoms with Gasteiger partial charge in [-0.2, -0.15) is 0 Å². The van der Waals surface area contributed by atoms with Crippen molar-refractivity contribution in [1.82, 2.24) is 9.97 Å². The number of nitrogen functional groups attached to an aromatic ring is 1. The summed E-state index contributed by atoms with van der Waals surface area (Å²) in [5.74, 6) is -0.555. The summed E-state index contributed by atoms with van der Waals surface area (Å²) in [4.78, 5) is 41.2. The maximum atomic E-state index is 10.8. The lowest BCUT2D eigenvalue weighted by Gasteiger charge is -1.97. The molecule has 5 N–H and O–H groups in total. The van der Waals surface area contributed by atoms with Crippen LogP contribution in [-0.2, 0) is 4.79 Å². The van der Waals surface area contributed by atoms with Crippen molar-refractivity contribution in [3.63, 3.8) is 0 Å². The van der Waals surface area contributed by atoms with Crippen LogP contribution >= 0.6 is 0 Å². The summed E-state index contributed by atoms with van der Waals surface area (Å²) in [6, 6.07) is 14.8. The molecule has 9 nitrogen and oxygen atoms in total. The van der Waals surface area contributed by atoms with E-state index in [1.54, 1.807) is 73.2 Å². The van der Waals surface area contributed by atoms with Gasteiger partial charge in [0.15, 0.2) is 0 Å². The normalized spacial score (nSPS) is 8.57. The highest BCUT2D eigenvalue weighted by molar-refractivity contribution is 5.97. The topological polar surface area (TPSA) is 153 Å². The van der Waals surface area contributed by atoms with Crippen molar-refractivity contribution in [1.29, 1.82) is 0 Å². The maximum absolute atomic E-state index is 10.8. The van der Waals surface area contributed by atoms with Gasteiger partial charge in [0.1, 0.15) is 0 Å². The Morgan fingerprint density at radius 1 is 0.929 bits per heavy atom. The number of benzene rings is 1. The molecule has 0 radical (unpaired) electrons. The number of nitrogens with zero attached hydrogens (tertiary/aromatic N) is 3. The Bertz CT molecular complexity index is 899. The number of primary amides is 1. The van der Waals surface area contributed by atoms with Crippen LogP contribution < -0.4 is 16.8 Å². The van der Waals surface area contributed by atoms with E-state index in [4.69, 9.17) is 11.5 Å². The number of hydrogen-bond acceptors (Lipinski definition) is 6. The molecule has 2 heterocycles. The highest BCUT2D eigenvalue weighted by Gasteiger charge is 1.99. The Morgan fingerprint density at radius 2 is 1.57 bits per heavy atom. The van der Waals surface area contributed by atoms with E-state index in [-0.39, 0.29) is 0 Å². The Balaban J connectivity index is 0.000000215. The molecule has 3 amide bonds. The van der Waals surface area contributed by atoms with Gasteiger partial charge in [-0.15, -0.1) is 4.99 Å². The predicted octanol–water partition coefficient (Wildman–Crippen LogP) is 2.40. The molecule has 0 fully saturated rings. The fraction of sp³-hybridized carbons (Fsp3) is 0. The number of rotatable bonds is 2. The standard InChI is InChI=1S/C8H5NO2.C6H7N3O.C5H6N2/c10-6-9-8(11)7-4-2-1-3-5-7;7-6(10)9-5-2-1-3-8-4-5;6-5-2-1-3-7-4-5/h1-5H;1-4H,(H3,7,9,10);1-4H,6H2. The molecular formula is C19H18N6O3. The molecule has 0 spiro atoms. The van der Waals surface area contributed by atoms with Gasteiger partial charge in [0.2, 0.25) is 6.08 Å². The maximum Gasteiger partial charge on any atom is 0.316 e. The number of hydrogen-bond donors (Lipinski definition) is 3. The van der Waals surface area contributed by atoms with Gasteiger partial charge in [-0.05, 0) is 36.4 Å². The summed E-state index contributed by atoms with van der Waals surface area (Å²) in [7, 11) is 0. The molecule has 0 atom stereocenters. The molecule has 0 saturated heterocycles. The number of urea groups is 1. The number of aliphatic imine (C=N–C) groups is 1. The second kappa shape index (κ2) is 12.9. The third-order valence-corrected chi connectivity index (χ3v) is 2.78.